The van der Waals surface area contributed by atoms with E-state index in [1.54, 1.807) is 0 Å². The number of carbonyl (C=O) groups excluding carboxylic acids is 1. The second kappa shape index (κ2) is 6.39. The Morgan fingerprint density at radius 3 is 2.64 bits per heavy atom. The van der Waals surface area contributed by atoms with E-state index >= 15 is 0 Å². The molecule has 0 heterocycles. The van der Waals surface area contributed by atoms with Gasteiger partial charge in [0.2, 0.25) is 0 Å². The van der Waals surface area contributed by atoms with Gasteiger partial charge in [-0.2, -0.15) is 0 Å². The van der Waals surface area contributed by atoms with Crippen LogP contribution in [0.15, 0.2) is 42.5 Å². The van der Waals surface area contributed by atoms with Crippen LogP contribution in [0.2, 0.25) is 0 Å². The summed E-state index contributed by atoms with van der Waals surface area (Å²) >= 11 is 0. The Balaban J connectivity index is 1.69. The SMILES string of the molecule is CC(C)CN(C(=O)COc1cccc2ccccc12)C1CC1. The van der Waals surface area contributed by atoms with Crippen LogP contribution in [-0.2, 0) is 4.79 Å². The molecule has 0 unspecified atom stereocenters. The topological polar surface area (TPSA) is 29.5 Å². The maximum Gasteiger partial charge on any atom is 0.260 e. The first-order chi connectivity index (χ1) is 10.6. The van der Waals surface area contributed by atoms with Crippen LogP contribution >= 0.6 is 0 Å². The van der Waals surface area contributed by atoms with Crippen molar-refractivity contribution in [1.29, 1.82) is 0 Å². The van der Waals surface area contributed by atoms with Crippen molar-refractivity contribution < 1.29 is 9.53 Å². The van der Waals surface area contributed by atoms with E-state index in [1.165, 1.54) is 0 Å². The average Bonchev–Trinajstić information content (AvgIpc) is 3.34. The van der Waals surface area contributed by atoms with E-state index in [2.05, 4.69) is 26.0 Å². The number of benzene rings is 2. The van der Waals surface area contributed by atoms with Gasteiger partial charge in [-0.15, -0.1) is 0 Å². The molecule has 0 aliphatic heterocycles. The van der Waals surface area contributed by atoms with Gasteiger partial charge in [-0.25, -0.2) is 0 Å². The van der Waals surface area contributed by atoms with Gasteiger partial charge in [-0.05, 0) is 30.2 Å². The molecule has 3 heteroatoms. The van der Waals surface area contributed by atoms with Gasteiger partial charge in [-0.3, -0.25) is 4.79 Å². The Morgan fingerprint density at radius 2 is 1.91 bits per heavy atom. The first-order valence-corrected chi connectivity index (χ1v) is 8.05. The monoisotopic (exact) mass is 297 g/mol. The van der Waals surface area contributed by atoms with E-state index in [0.717, 1.165) is 35.9 Å². The van der Waals surface area contributed by atoms with Crippen molar-refractivity contribution in [2.24, 2.45) is 5.92 Å². The fraction of sp³-hybridized carbons (Fsp3) is 0.421. The summed E-state index contributed by atoms with van der Waals surface area (Å²) in [5, 5.41) is 2.19. The predicted molar refractivity (Wildman–Crippen MR) is 89.0 cm³/mol. The molecule has 3 nitrogen and oxygen atoms in total. The minimum atomic E-state index is 0.101. The third-order valence-electron chi connectivity index (χ3n) is 3.97. The molecule has 0 bridgehead atoms. The standard InChI is InChI=1S/C19H23NO2/c1-14(2)12-20(16-10-11-16)19(21)13-22-18-9-5-7-15-6-3-4-8-17(15)18/h3-9,14,16H,10-13H2,1-2H3. The molecular formula is C19H23NO2. The first kappa shape index (κ1) is 14.9. The normalized spacial score (nSPS) is 14.3. The number of fused-ring (bicyclic) bond motifs is 1. The molecule has 0 atom stereocenters. The van der Waals surface area contributed by atoms with Crippen molar-refractivity contribution in [3.8, 4) is 5.75 Å². The summed E-state index contributed by atoms with van der Waals surface area (Å²) < 4.78 is 5.83. The summed E-state index contributed by atoms with van der Waals surface area (Å²) in [7, 11) is 0. The third-order valence-corrected chi connectivity index (χ3v) is 3.97. The minimum Gasteiger partial charge on any atom is -0.483 e. The highest BCUT2D eigenvalue weighted by molar-refractivity contribution is 5.88. The Labute approximate surface area is 131 Å². The molecule has 2 aromatic rings. The zero-order chi connectivity index (χ0) is 15.5. The number of carbonyl (C=O) groups is 1. The molecule has 0 spiro atoms. The summed E-state index contributed by atoms with van der Waals surface area (Å²) in [6.45, 7) is 5.24. The fourth-order valence-corrected chi connectivity index (χ4v) is 2.78. The highest BCUT2D eigenvalue weighted by atomic mass is 16.5. The van der Waals surface area contributed by atoms with Gasteiger partial charge in [0.05, 0.1) is 0 Å². The molecule has 116 valence electrons. The minimum absolute atomic E-state index is 0.101. The zero-order valence-electron chi connectivity index (χ0n) is 13.3. The van der Waals surface area contributed by atoms with Crippen LogP contribution < -0.4 is 4.74 Å². The van der Waals surface area contributed by atoms with Gasteiger partial charge in [0.15, 0.2) is 6.61 Å². The van der Waals surface area contributed by atoms with Crippen LogP contribution in [0.1, 0.15) is 26.7 Å². The summed E-state index contributed by atoms with van der Waals surface area (Å²) in [6.07, 6.45) is 2.26. The van der Waals surface area contributed by atoms with Gasteiger partial charge < -0.3 is 9.64 Å². The Bertz CT molecular complexity index is 656. The van der Waals surface area contributed by atoms with Gasteiger partial charge in [0.1, 0.15) is 5.75 Å². The fourth-order valence-electron chi connectivity index (χ4n) is 2.78. The van der Waals surface area contributed by atoms with Gasteiger partial charge >= 0.3 is 0 Å². The molecule has 1 aliphatic rings. The molecule has 22 heavy (non-hydrogen) atoms. The number of ether oxygens (including phenoxy) is 1. The molecule has 1 saturated carbocycles. The molecule has 3 rings (SSSR count). The zero-order valence-corrected chi connectivity index (χ0v) is 13.3. The number of hydrogen-bond acceptors (Lipinski definition) is 2. The highest BCUT2D eigenvalue weighted by Crippen LogP contribution is 2.28. The second-order valence-corrected chi connectivity index (χ2v) is 6.44. The number of hydrogen-bond donors (Lipinski definition) is 0. The van der Waals surface area contributed by atoms with Crippen LogP contribution in [0.4, 0.5) is 0 Å². The summed E-state index contributed by atoms with van der Waals surface area (Å²) in [4.78, 5) is 14.5. The Kier molecular flexibility index (Phi) is 4.32. The average molecular weight is 297 g/mol. The maximum absolute atomic E-state index is 12.5. The molecular weight excluding hydrogens is 274 g/mol. The summed E-state index contributed by atoms with van der Waals surface area (Å²) in [6, 6.07) is 14.5. The molecule has 1 aliphatic carbocycles. The predicted octanol–water partition coefficient (Wildman–Crippen LogP) is 3.87. The first-order valence-electron chi connectivity index (χ1n) is 8.05. The molecule has 0 saturated heterocycles. The Hall–Kier alpha value is -2.03. The Morgan fingerprint density at radius 1 is 1.18 bits per heavy atom. The van der Waals surface area contributed by atoms with E-state index in [9.17, 15) is 4.79 Å². The van der Waals surface area contributed by atoms with Crippen molar-refractivity contribution in [2.45, 2.75) is 32.7 Å². The lowest BCUT2D eigenvalue weighted by atomic mass is 10.1. The van der Waals surface area contributed by atoms with E-state index in [-0.39, 0.29) is 12.5 Å². The molecule has 1 amide bonds. The van der Waals surface area contributed by atoms with Gasteiger partial charge in [-0.1, -0.05) is 50.2 Å². The lowest BCUT2D eigenvalue weighted by Crippen LogP contribution is -2.39. The lowest BCUT2D eigenvalue weighted by Gasteiger charge is -2.24. The largest absolute Gasteiger partial charge is 0.483 e. The van der Waals surface area contributed by atoms with Crippen LogP contribution in [0.5, 0.6) is 5.75 Å². The van der Waals surface area contributed by atoms with Crippen molar-refractivity contribution >= 4 is 16.7 Å². The quantitative estimate of drug-likeness (QED) is 0.810. The highest BCUT2D eigenvalue weighted by Gasteiger charge is 2.32. The number of amides is 1. The van der Waals surface area contributed by atoms with Gasteiger partial charge in [0.25, 0.3) is 5.91 Å². The smallest absolute Gasteiger partial charge is 0.260 e. The second-order valence-electron chi connectivity index (χ2n) is 6.44. The van der Waals surface area contributed by atoms with E-state index < -0.39 is 0 Å². The summed E-state index contributed by atoms with van der Waals surface area (Å²) in [5.74, 6) is 1.37. The molecule has 0 radical (unpaired) electrons. The number of nitrogens with zero attached hydrogens (tertiary/aromatic N) is 1. The van der Waals surface area contributed by atoms with Crippen molar-refractivity contribution in [3.63, 3.8) is 0 Å². The molecule has 0 aromatic heterocycles. The number of rotatable bonds is 6. The van der Waals surface area contributed by atoms with Crippen molar-refractivity contribution in [3.05, 3.63) is 42.5 Å². The van der Waals surface area contributed by atoms with Crippen molar-refractivity contribution in [1.82, 2.24) is 4.90 Å². The maximum atomic E-state index is 12.5. The van der Waals surface area contributed by atoms with Crippen molar-refractivity contribution in [2.75, 3.05) is 13.2 Å². The third kappa shape index (κ3) is 3.41. The molecule has 1 fully saturated rings. The van der Waals surface area contributed by atoms with E-state index in [1.807, 2.05) is 35.2 Å². The van der Waals surface area contributed by atoms with Crippen LogP contribution in [0.25, 0.3) is 10.8 Å². The van der Waals surface area contributed by atoms with Gasteiger partial charge in [0, 0.05) is 18.0 Å². The van der Waals surface area contributed by atoms with E-state index in [4.69, 9.17) is 4.74 Å². The van der Waals surface area contributed by atoms with E-state index in [0.29, 0.717) is 12.0 Å². The van der Waals surface area contributed by atoms with Crippen LogP contribution in [0.3, 0.4) is 0 Å². The molecule has 2 aromatic carbocycles. The lowest BCUT2D eigenvalue weighted by molar-refractivity contribution is -0.134. The van der Waals surface area contributed by atoms with Crippen LogP contribution in [0, 0.1) is 5.92 Å². The summed E-state index contributed by atoms with van der Waals surface area (Å²) in [5.41, 5.74) is 0. The molecule has 0 N–H and O–H groups in total. The van der Waals surface area contributed by atoms with Crippen LogP contribution in [-0.4, -0.2) is 30.0 Å².